The summed E-state index contributed by atoms with van der Waals surface area (Å²) >= 11 is 0. The van der Waals surface area contributed by atoms with Crippen LogP contribution < -0.4 is 5.32 Å². The van der Waals surface area contributed by atoms with Crippen molar-refractivity contribution in [2.45, 2.75) is 37.5 Å². The van der Waals surface area contributed by atoms with Gasteiger partial charge in [0.25, 0.3) is 0 Å². The van der Waals surface area contributed by atoms with Crippen molar-refractivity contribution < 1.29 is 22.5 Å². The number of rotatable bonds is 6. The maximum absolute atomic E-state index is 13.5. The van der Waals surface area contributed by atoms with Crippen LogP contribution in [0.3, 0.4) is 0 Å². The molecular weight excluding hydrogens is 425 g/mol. The van der Waals surface area contributed by atoms with Crippen molar-refractivity contribution in [2.24, 2.45) is 5.92 Å². The van der Waals surface area contributed by atoms with Crippen molar-refractivity contribution in [3.8, 4) is 0 Å². The van der Waals surface area contributed by atoms with Crippen LogP contribution in [0.5, 0.6) is 0 Å². The summed E-state index contributed by atoms with van der Waals surface area (Å²) < 4.78 is 40.6. The van der Waals surface area contributed by atoms with Crippen molar-refractivity contribution in [2.75, 3.05) is 18.4 Å². The van der Waals surface area contributed by atoms with Gasteiger partial charge < -0.3 is 5.32 Å². The Balaban J connectivity index is 1.63. The van der Waals surface area contributed by atoms with Crippen molar-refractivity contribution in [3.63, 3.8) is 0 Å². The fourth-order valence-corrected chi connectivity index (χ4v) is 4.98. The van der Waals surface area contributed by atoms with E-state index in [1.54, 1.807) is 24.3 Å². The van der Waals surface area contributed by atoms with Gasteiger partial charge in [-0.25, -0.2) is 8.42 Å². The van der Waals surface area contributed by atoms with Crippen molar-refractivity contribution in [1.29, 1.82) is 0 Å². The molecule has 1 aliphatic heterocycles. The summed E-state index contributed by atoms with van der Waals surface area (Å²) in [6.45, 7) is 4.44. The quantitative estimate of drug-likeness (QED) is 0.531. The second-order valence-corrected chi connectivity index (χ2v) is 9.75. The molecule has 10 heteroatoms. The van der Waals surface area contributed by atoms with Crippen LogP contribution in [-0.2, 0) is 14.8 Å². The van der Waals surface area contributed by atoms with Gasteiger partial charge in [-0.1, -0.05) is 26.0 Å². The van der Waals surface area contributed by atoms with E-state index >= 15 is 0 Å². The van der Waals surface area contributed by atoms with Crippen LogP contribution in [0, 0.1) is 21.8 Å². The van der Waals surface area contributed by atoms with Crippen molar-refractivity contribution >= 4 is 27.3 Å². The summed E-state index contributed by atoms with van der Waals surface area (Å²) in [5, 5.41) is 13.4. The van der Waals surface area contributed by atoms with E-state index in [0.717, 1.165) is 17.7 Å². The minimum Gasteiger partial charge on any atom is -0.326 e. The molecule has 1 amide bonds. The summed E-state index contributed by atoms with van der Waals surface area (Å²) in [6, 6.07) is 9.96. The van der Waals surface area contributed by atoms with E-state index in [-0.39, 0.29) is 29.6 Å². The van der Waals surface area contributed by atoms with Gasteiger partial charge in [-0.15, -0.1) is 0 Å². The first-order chi connectivity index (χ1) is 14.6. The molecule has 8 nitrogen and oxygen atoms in total. The average molecular weight is 450 g/mol. The Morgan fingerprint density at radius 3 is 2.32 bits per heavy atom. The Labute approximate surface area is 180 Å². The zero-order valence-electron chi connectivity index (χ0n) is 17.2. The highest BCUT2D eigenvalue weighted by Crippen LogP contribution is 2.27. The van der Waals surface area contributed by atoms with Crippen molar-refractivity contribution in [1.82, 2.24) is 4.31 Å². The highest BCUT2D eigenvalue weighted by atomic mass is 32.2. The number of nitrogens with zero attached hydrogens (tertiary/aromatic N) is 2. The summed E-state index contributed by atoms with van der Waals surface area (Å²) in [5.41, 5.74) is 0.455. The Kier molecular flexibility index (Phi) is 6.71. The predicted octanol–water partition coefficient (Wildman–Crippen LogP) is 3.90. The summed E-state index contributed by atoms with van der Waals surface area (Å²) in [5.74, 6) is -1.50. The van der Waals surface area contributed by atoms with E-state index < -0.39 is 32.4 Å². The maximum atomic E-state index is 13.5. The second kappa shape index (κ2) is 9.11. The van der Waals surface area contributed by atoms with E-state index in [1.165, 1.54) is 10.4 Å². The van der Waals surface area contributed by atoms with Crippen molar-refractivity contribution in [3.05, 3.63) is 64.0 Å². The fourth-order valence-electron chi connectivity index (χ4n) is 3.51. The lowest BCUT2D eigenvalue weighted by molar-refractivity contribution is -0.387. The van der Waals surface area contributed by atoms with E-state index in [9.17, 15) is 27.7 Å². The molecule has 2 aromatic carbocycles. The number of hydrogen-bond donors (Lipinski definition) is 1. The molecule has 1 saturated heterocycles. The number of halogens is 1. The molecule has 1 N–H and O–H groups in total. The van der Waals surface area contributed by atoms with Gasteiger partial charge in [0.1, 0.15) is 0 Å². The largest absolute Gasteiger partial charge is 0.326 e. The molecule has 0 radical (unpaired) electrons. The first-order valence-electron chi connectivity index (χ1n) is 9.94. The lowest BCUT2D eigenvalue weighted by Crippen LogP contribution is -2.41. The SMILES string of the molecule is CC(C)c1ccc(S(=O)(=O)N2CCC(C(=O)Nc3ccc(F)c([N+](=O)[O-])c3)CC2)cc1. The minimum absolute atomic E-state index is 0.124. The summed E-state index contributed by atoms with van der Waals surface area (Å²) in [6.07, 6.45) is 0.636. The molecule has 0 saturated carbocycles. The molecule has 1 aliphatic rings. The van der Waals surface area contributed by atoms with E-state index in [2.05, 4.69) is 5.32 Å². The van der Waals surface area contributed by atoms with E-state index in [0.29, 0.717) is 18.8 Å². The number of hydrogen-bond acceptors (Lipinski definition) is 5. The van der Waals surface area contributed by atoms with Crippen LogP contribution in [-0.4, -0.2) is 36.6 Å². The lowest BCUT2D eigenvalue weighted by atomic mass is 9.97. The second-order valence-electron chi connectivity index (χ2n) is 7.81. The molecule has 0 atom stereocenters. The van der Waals surface area contributed by atoms with Gasteiger partial charge in [-0.3, -0.25) is 14.9 Å². The third-order valence-corrected chi connectivity index (χ3v) is 7.33. The summed E-state index contributed by atoms with van der Waals surface area (Å²) in [7, 11) is -3.65. The number of benzene rings is 2. The third-order valence-electron chi connectivity index (χ3n) is 5.42. The lowest BCUT2D eigenvalue weighted by Gasteiger charge is -2.30. The molecular formula is C21H24FN3O5S. The number of nitro groups is 1. The van der Waals surface area contributed by atoms with Crippen LogP contribution in [0.2, 0.25) is 0 Å². The van der Waals surface area contributed by atoms with Gasteiger partial charge in [0, 0.05) is 30.8 Å². The molecule has 0 aromatic heterocycles. The highest BCUT2D eigenvalue weighted by Gasteiger charge is 2.32. The maximum Gasteiger partial charge on any atom is 0.306 e. The molecule has 0 bridgehead atoms. The molecule has 0 unspecified atom stereocenters. The standard InChI is InChI=1S/C21H24FN3O5S/c1-14(2)15-3-6-18(7-4-15)31(29,30)24-11-9-16(10-12-24)21(26)23-17-5-8-19(22)20(13-17)25(27)28/h3-8,13-14,16H,9-12H2,1-2H3,(H,23,26). The molecule has 0 aliphatic carbocycles. The van der Waals surface area contributed by atoms with Crippen LogP contribution >= 0.6 is 0 Å². The third kappa shape index (κ3) is 5.08. The van der Waals surface area contributed by atoms with Gasteiger partial charge >= 0.3 is 5.69 Å². The number of piperidine rings is 1. The topological polar surface area (TPSA) is 110 Å². The van der Waals surface area contributed by atoms with Gasteiger partial charge in [0.15, 0.2) is 0 Å². The Hall–Kier alpha value is -2.85. The molecule has 1 fully saturated rings. The first kappa shape index (κ1) is 22.8. The molecule has 1 heterocycles. The van der Waals surface area contributed by atoms with Crippen LogP contribution in [0.1, 0.15) is 38.2 Å². The molecule has 0 spiro atoms. The number of nitro benzene ring substituents is 1. The monoisotopic (exact) mass is 449 g/mol. The molecule has 3 rings (SSSR count). The Bertz CT molecular complexity index is 1080. The Morgan fingerprint density at radius 1 is 1.16 bits per heavy atom. The average Bonchev–Trinajstić information content (AvgIpc) is 2.75. The predicted molar refractivity (Wildman–Crippen MR) is 114 cm³/mol. The molecule has 166 valence electrons. The van der Waals surface area contributed by atoms with E-state index in [4.69, 9.17) is 0 Å². The smallest absolute Gasteiger partial charge is 0.306 e. The molecule has 2 aromatic rings. The van der Waals surface area contributed by atoms with Gasteiger partial charge in [0.2, 0.25) is 21.7 Å². The number of sulfonamides is 1. The Morgan fingerprint density at radius 2 is 1.77 bits per heavy atom. The first-order valence-corrected chi connectivity index (χ1v) is 11.4. The minimum atomic E-state index is -3.65. The van der Waals surface area contributed by atoms with Gasteiger partial charge in [0.05, 0.1) is 9.82 Å². The van der Waals surface area contributed by atoms with Crippen LogP contribution in [0.4, 0.5) is 15.8 Å². The van der Waals surface area contributed by atoms with Crippen LogP contribution in [0.15, 0.2) is 47.4 Å². The van der Waals surface area contributed by atoms with Gasteiger partial charge in [-0.05, 0) is 48.6 Å². The highest BCUT2D eigenvalue weighted by molar-refractivity contribution is 7.89. The van der Waals surface area contributed by atoms with Crippen LogP contribution in [0.25, 0.3) is 0 Å². The fraction of sp³-hybridized carbons (Fsp3) is 0.381. The number of anilines is 1. The normalized spacial score (nSPS) is 15.7. The van der Waals surface area contributed by atoms with Gasteiger partial charge in [-0.2, -0.15) is 8.70 Å². The summed E-state index contributed by atoms with van der Waals surface area (Å²) in [4.78, 5) is 22.7. The number of carbonyl (C=O) groups excluding carboxylic acids is 1. The molecule has 31 heavy (non-hydrogen) atoms. The number of carbonyl (C=O) groups is 1. The number of nitrogens with one attached hydrogen (secondary N) is 1. The zero-order chi connectivity index (χ0) is 22.8. The number of amides is 1. The zero-order valence-corrected chi connectivity index (χ0v) is 18.1. The van der Waals surface area contributed by atoms with E-state index in [1.807, 2.05) is 13.8 Å².